The quantitative estimate of drug-likeness (QED) is 0.588. The van der Waals surface area contributed by atoms with Crippen LogP contribution in [-0.4, -0.2) is 5.78 Å². The molecule has 0 bridgehead atoms. The molecule has 0 N–H and O–H groups in total. The molecule has 0 fully saturated rings. The Labute approximate surface area is 75.9 Å². The number of ketones is 1. The summed E-state index contributed by atoms with van der Waals surface area (Å²) in [7, 11) is 0. The predicted octanol–water partition coefficient (Wildman–Crippen LogP) is 3.35. The van der Waals surface area contributed by atoms with Crippen molar-refractivity contribution in [2.45, 2.75) is 47.5 Å². The van der Waals surface area contributed by atoms with Gasteiger partial charge in [-0.25, -0.2) is 0 Å². The Kier molecular flexibility index (Phi) is 4.22. The lowest BCUT2D eigenvalue weighted by Crippen LogP contribution is -2.19. The molecule has 0 rings (SSSR count). The highest BCUT2D eigenvalue weighted by Gasteiger charge is 2.24. The second kappa shape index (κ2) is 4.44. The zero-order valence-electron chi connectivity index (χ0n) is 8.90. The van der Waals surface area contributed by atoms with Crippen LogP contribution < -0.4 is 0 Å². The molecule has 0 aromatic carbocycles. The molecule has 0 saturated heterocycles. The highest BCUT2D eigenvalue weighted by Crippen LogP contribution is 2.31. The fourth-order valence-electron chi connectivity index (χ4n) is 1.83. The lowest BCUT2D eigenvalue weighted by molar-refractivity contribution is -0.114. The maximum absolute atomic E-state index is 11.2. The molecule has 0 spiro atoms. The van der Waals surface area contributed by atoms with Gasteiger partial charge in [-0.05, 0) is 31.3 Å². The number of carbonyl (C=O) groups excluding carboxylic acids is 1. The standard InChI is InChI=1S/C11H20O/c1-6-8-11(4,5)10(7-2)9(3)12/h7H,6,8H2,1-5H3/b10-7-. The molecule has 0 aromatic rings. The molecule has 0 radical (unpaired) electrons. The van der Waals surface area contributed by atoms with E-state index in [0.29, 0.717) is 0 Å². The molecule has 0 aliphatic heterocycles. The summed E-state index contributed by atoms with van der Waals surface area (Å²) >= 11 is 0. The average molecular weight is 168 g/mol. The van der Waals surface area contributed by atoms with E-state index in [9.17, 15) is 4.79 Å². The summed E-state index contributed by atoms with van der Waals surface area (Å²) in [5.41, 5.74) is 1.01. The highest BCUT2D eigenvalue weighted by molar-refractivity contribution is 5.94. The van der Waals surface area contributed by atoms with E-state index in [1.165, 1.54) is 0 Å². The van der Waals surface area contributed by atoms with Crippen molar-refractivity contribution in [1.29, 1.82) is 0 Å². The van der Waals surface area contributed by atoms with Crippen LogP contribution >= 0.6 is 0 Å². The third kappa shape index (κ3) is 2.80. The van der Waals surface area contributed by atoms with Gasteiger partial charge in [-0.3, -0.25) is 4.79 Å². The molecule has 0 saturated carbocycles. The molecule has 0 unspecified atom stereocenters. The summed E-state index contributed by atoms with van der Waals surface area (Å²) in [5.74, 6) is 0.205. The molecule has 0 atom stereocenters. The number of allylic oxidation sites excluding steroid dienone is 2. The van der Waals surface area contributed by atoms with Crippen molar-refractivity contribution in [3.8, 4) is 0 Å². The van der Waals surface area contributed by atoms with Gasteiger partial charge in [-0.2, -0.15) is 0 Å². The molecule has 70 valence electrons. The highest BCUT2D eigenvalue weighted by atomic mass is 16.1. The van der Waals surface area contributed by atoms with Gasteiger partial charge in [0.05, 0.1) is 0 Å². The second-order valence-electron chi connectivity index (χ2n) is 3.89. The Hall–Kier alpha value is -0.590. The first-order chi connectivity index (χ1) is 5.45. The Balaban J connectivity index is 4.61. The number of hydrogen-bond acceptors (Lipinski definition) is 1. The van der Waals surface area contributed by atoms with Crippen LogP contribution in [0.3, 0.4) is 0 Å². The van der Waals surface area contributed by atoms with Crippen molar-refractivity contribution >= 4 is 5.78 Å². The van der Waals surface area contributed by atoms with E-state index >= 15 is 0 Å². The molecule has 0 aromatic heterocycles. The van der Waals surface area contributed by atoms with Gasteiger partial charge in [0.2, 0.25) is 0 Å². The van der Waals surface area contributed by atoms with Crippen LogP contribution in [0.4, 0.5) is 0 Å². The predicted molar refractivity (Wildman–Crippen MR) is 53.1 cm³/mol. The van der Waals surface area contributed by atoms with Crippen LogP contribution in [-0.2, 0) is 4.79 Å². The van der Waals surface area contributed by atoms with Crippen molar-refractivity contribution in [1.82, 2.24) is 0 Å². The van der Waals surface area contributed by atoms with Crippen molar-refractivity contribution in [3.63, 3.8) is 0 Å². The Morgan fingerprint density at radius 2 is 1.92 bits per heavy atom. The molecular weight excluding hydrogens is 148 g/mol. The Bertz CT molecular complexity index is 187. The van der Waals surface area contributed by atoms with Gasteiger partial charge in [0.1, 0.15) is 0 Å². The van der Waals surface area contributed by atoms with E-state index in [1.807, 2.05) is 13.0 Å². The van der Waals surface area contributed by atoms with Gasteiger partial charge in [-0.1, -0.05) is 33.3 Å². The van der Waals surface area contributed by atoms with Crippen LogP contribution in [0.15, 0.2) is 11.6 Å². The fraction of sp³-hybridized carbons (Fsp3) is 0.727. The van der Waals surface area contributed by atoms with Crippen molar-refractivity contribution < 1.29 is 4.79 Å². The minimum absolute atomic E-state index is 0.0509. The first-order valence-electron chi connectivity index (χ1n) is 4.63. The zero-order valence-corrected chi connectivity index (χ0v) is 8.90. The van der Waals surface area contributed by atoms with Crippen LogP contribution in [0.25, 0.3) is 0 Å². The van der Waals surface area contributed by atoms with Crippen molar-refractivity contribution in [2.75, 3.05) is 0 Å². The van der Waals surface area contributed by atoms with Gasteiger partial charge in [-0.15, -0.1) is 0 Å². The Morgan fingerprint density at radius 1 is 1.42 bits per heavy atom. The first kappa shape index (κ1) is 11.4. The molecule has 0 aliphatic rings. The third-order valence-electron chi connectivity index (χ3n) is 2.27. The number of hydrogen-bond donors (Lipinski definition) is 0. The van der Waals surface area contributed by atoms with E-state index in [4.69, 9.17) is 0 Å². The van der Waals surface area contributed by atoms with E-state index in [2.05, 4.69) is 20.8 Å². The third-order valence-corrected chi connectivity index (χ3v) is 2.27. The van der Waals surface area contributed by atoms with E-state index in [1.54, 1.807) is 6.92 Å². The summed E-state index contributed by atoms with van der Waals surface area (Å²) in [5, 5.41) is 0. The fourth-order valence-corrected chi connectivity index (χ4v) is 1.83. The summed E-state index contributed by atoms with van der Waals surface area (Å²) in [6.45, 7) is 10.00. The Morgan fingerprint density at radius 3 is 2.17 bits per heavy atom. The lowest BCUT2D eigenvalue weighted by Gasteiger charge is -2.25. The molecule has 1 heteroatoms. The second-order valence-corrected chi connectivity index (χ2v) is 3.89. The number of Topliss-reactive ketones (excluding diaryl/α,β-unsaturated/α-hetero) is 1. The smallest absolute Gasteiger partial charge is 0.156 e. The largest absolute Gasteiger partial charge is 0.295 e. The number of carbonyl (C=O) groups is 1. The lowest BCUT2D eigenvalue weighted by atomic mass is 9.78. The normalized spacial score (nSPS) is 13.2. The van der Waals surface area contributed by atoms with Crippen LogP contribution in [0.5, 0.6) is 0 Å². The minimum Gasteiger partial charge on any atom is -0.295 e. The first-order valence-corrected chi connectivity index (χ1v) is 4.63. The maximum Gasteiger partial charge on any atom is 0.156 e. The van der Waals surface area contributed by atoms with E-state index < -0.39 is 0 Å². The van der Waals surface area contributed by atoms with Crippen molar-refractivity contribution in [2.24, 2.45) is 5.41 Å². The molecule has 0 heterocycles. The topological polar surface area (TPSA) is 17.1 Å². The minimum atomic E-state index is 0.0509. The number of rotatable bonds is 4. The van der Waals surface area contributed by atoms with Gasteiger partial charge in [0.15, 0.2) is 5.78 Å². The summed E-state index contributed by atoms with van der Waals surface area (Å²) in [6, 6.07) is 0. The molecule has 12 heavy (non-hydrogen) atoms. The van der Waals surface area contributed by atoms with Gasteiger partial charge in [0, 0.05) is 0 Å². The zero-order chi connectivity index (χ0) is 9.78. The van der Waals surface area contributed by atoms with Crippen LogP contribution in [0.2, 0.25) is 0 Å². The average Bonchev–Trinajstić information content (AvgIpc) is 1.86. The molecular formula is C11H20O. The van der Waals surface area contributed by atoms with E-state index in [0.717, 1.165) is 18.4 Å². The molecule has 1 nitrogen and oxygen atoms in total. The van der Waals surface area contributed by atoms with Gasteiger partial charge >= 0.3 is 0 Å². The molecule has 0 amide bonds. The van der Waals surface area contributed by atoms with Gasteiger partial charge < -0.3 is 0 Å². The SMILES string of the molecule is C/C=C(/C(C)=O)C(C)(C)CCC. The van der Waals surface area contributed by atoms with Crippen molar-refractivity contribution in [3.05, 3.63) is 11.6 Å². The molecule has 0 aliphatic carbocycles. The van der Waals surface area contributed by atoms with Crippen LogP contribution in [0, 0.1) is 5.41 Å². The van der Waals surface area contributed by atoms with Gasteiger partial charge in [0.25, 0.3) is 0 Å². The summed E-state index contributed by atoms with van der Waals surface area (Å²) in [6.07, 6.45) is 4.14. The van der Waals surface area contributed by atoms with Crippen LogP contribution in [0.1, 0.15) is 47.5 Å². The summed E-state index contributed by atoms with van der Waals surface area (Å²) < 4.78 is 0. The summed E-state index contributed by atoms with van der Waals surface area (Å²) in [4.78, 5) is 11.2. The van der Waals surface area contributed by atoms with E-state index in [-0.39, 0.29) is 11.2 Å². The maximum atomic E-state index is 11.2. The monoisotopic (exact) mass is 168 g/mol.